The highest BCUT2D eigenvalue weighted by molar-refractivity contribution is 7.86. The van der Waals surface area contributed by atoms with Crippen molar-refractivity contribution >= 4 is 15.9 Å². The fourth-order valence-electron chi connectivity index (χ4n) is 3.09. The number of para-hydroxylation sites is 1. The van der Waals surface area contributed by atoms with Crippen LogP contribution < -0.4 is 5.32 Å². The van der Waals surface area contributed by atoms with Crippen molar-refractivity contribution in [2.75, 3.05) is 25.5 Å². The van der Waals surface area contributed by atoms with Gasteiger partial charge in [-0.3, -0.25) is 0 Å². The van der Waals surface area contributed by atoms with E-state index in [0.717, 1.165) is 24.9 Å². The molecule has 0 spiro atoms. The Balaban J connectivity index is 1.61. The summed E-state index contributed by atoms with van der Waals surface area (Å²) in [5.41, 5.74) is 1.05. The molecule has 2 atom stereocenters. The van der Waals surface area contributed by atoms with Gasteiger partial charge in [-0.2, -0.15) is 17.0 Å². The summed E-state index contributed by atoms with van der Waals surface area (Å²) in [7, 11) is -1.62. The van der Waals surface area contributed by atoms with E-state index in [9.17, 15) is 8.42 Å². The fourth-order valence-corrected chi connectivity index (χ4v) is 4.75. The second-order valence-corrected chi connectivity index (χ2v) is 8.44. The van der Waals surface area contributed by atoms with Gasteiger partial charge in [0, 0.05) is 37.9 Å². The van der Waals surface area contributed by atoms with Crippen molar-refractivity contribution in [3.63, 3.8) is 0 Å². The van der Waals surface area contributed by atoms with Crippen molar-refractivity contribution in [1.82, 2.24) is 8.61 Å². The summed E-state index contributed by atoms with van der Waals surface area (Å²) in [5, 5.41) is 3.42. The molecule has 22 heavy (non-hydrogen) atoms. The number of benzene rings is 1. The number of anilines is 1. The Bertz CT molecular complexity index is 601. The Morgan fingerprint density at radius 1 is 1.23 bits per heavy atom. The van der Waals surface area contributed by atoms with E-state index >= 15 is 0 Å². The summed E-state index contributed by atoms with van der Waals surface area (Å²) in [6, 6.07) is 10.3. The van der Waals surface area contributed by atoms with E-state index < -0.39 is 10.2 Å². The molecule has 2 aliphatic rings. The van der Waals surface area contributed by atoms with Gasteiger partial charge in [-0.25, -0.2) is 0 Å². The molecule has 0 radical (unpaired) electrons. The molecular formula is C16H25N3O2S. The third-order valence-electron chi connectivity index (χ3n) is 4.86. The highest BCUT2D eigenvalue weighted by atomic mass is 32.2. The lowest BCUT2D eigenvalue weighted by Gasteiger charge is -2.29. The van der Waals surface area contributed by atoms with Crippen molar-refractivity contribution in [2.45, 2.75) is 38.3 Å². The molecule has 0 unspecified atom stereocenters. The molecule has 6 heteroatoms. The average molecular weight is 323 g/mol. The highest BCUT2D eigenvalue weighted by Gasteiger charge is 2.40. The predicted octanol–water partition coefficient (Wildman–Crippen LogP) is 2.15. The van der Waals surface area contributed by atoms with Gasteiger partial charge < -0.3 is 5.32 Å². The first kappa shape index (κ1) is 15.8. The first-order valence-corrected chi connectivity index (χ1v) is 9.43. The molecule has 122 valence electrons. The van der Waals surface area contributed by atoms with Crippen molar-refractivity contribution in [3.8, 4) is 0 Å². The molecule has 1 N–H and O–H groups in total. The number of nitrogens with one attached hydrogen (secondary N) is 1. The first-order chi connectivity index (χ1) is 10.5. The zero-order chi connectivity index (χ0) is 15.7. The Morgan fingerprint density at radius 3 is 2.55 bits per heavy atom. The van der Waals surface area contributed by atoms with Crippen LogP contribution in [0, 0.1) is 5.92 Å². The van der Waals surface area contributed by atoms with Crippen molar-refractivity contribution in [1.29, 1.82) is 0 Å². The Labute approximate surface area is 133 Å². The van der Waals surface area contributed by atoms with Crippen LogP contribution in [-0.2, 0) is 10.2 Å². The molecule has 1 aromatic rings. The predicted molar refractivity (Wildman–Crippen MR) is 88.9 cm³/mol. The topological polar surface area (TPSA) is 52.7 Å². The third-order valence-corrected chi connectivity index (χ3v) is 6.91. The molecule has 1 heterocycles. The number of hydrogen-bond acceptors (Lipinski definition) is 3. The van der Waals surface area contributed by atoms with Crippen LogP contribution in [-0.4, -0.2) is 49.2 Å². The van der Waals surface area contributed by atoms with Gasteiger partial charge in [-0.05, 0) is 44.2 Å². The third kappa shape index (κ3) is 3.29. The van der Waals surface area contributed by atoms with Gasteiger partial charge in [0.15, 0.2) is 0 Å². The van der Waals surface area contributed by atoms with E-state index in [1.54, 1.807) is 15.7 Å². The average Bonchev–Trinajstić information content (AvgIpc) is 3.26. The van der Waals surface area contributed by atoms with E-state index in [2.05, 4.69) is 5.32 Å². The maximum atomic E-state index is 12.7. The largest absolute Gasteiger partial charge is 0.381 e. The van der Waals surface area contributed by atoms with Crippen molar-refractivity contribution < 1.29 is 8.42 Å². The zero-order valence-corrected chi connectivity index (χ0v) is 14.1. The molecule has 1 aliphatic heterocycles. The molecule has 0 bridgehead atoms. The van der Waals surface area contributed by atoms with Gasteiger partial charge in [0.1, 0.15) is 0 Å². The summed E-state index contributed by atoms with van der Waals surface area (Å²) in [4.78, 5) is 0. The number of nitrogens with zero attached hydrogens (tertiary/aromatic N) is 2. The van der Waals surface area contributed by atoms with E-state index in [4.69, 9.17) is 0 Å². The molecule has 2 fully saturated rings. The van der Waals surface area contributed by atoms with E-state index in [1.807, 2.05) is 37.3 Å². The van der Waals surface area contributed by atoms with E-state index in [1.165, 1.54) is 0 Å². The lowest BCUT2D eigenvalue weighted by Crippen LogP contribution is -2.46. The SMILES string of the molecule is C[C@@H](C1CC1)N(C)S(=O)(=O)N1CC[C@H](Nc2ccccc2)C1. The molecule has 0 amide bonds. The van der Waals surface area contributed by atoms with Gasteiger partial charge in [-0.15, -0.1) is 0 Å². The molecule has 1 saturated heterocycles. The van der Waals surface area contributed by atoms with E-state index in [-0.39, 0.29) is 12.1 Å². The summed E-state index contributed by atoms with van der Waals surface area (Å²) in [6.45, 7) is 3.15. The van der Waals surface area contributed by atoms with Gasteiger partial charge in [0.2, 0.25) is 0 Å². The quantitative estimate of drug-likeness (QED) is 0.873. The minimum atomic E-state index is -3.34. The minimum absolute atomic E-state index is 0.103. The van der Waals surface area contributed by atoms with Gasteiger partial charge in [0.25, 0.3) is 10.2 Å². The summed E-state index contributed by atoms with van der Waals surface area (Å²) >= 11 is 0. The lowest BCUT2D eigenvalue weighted by atomic mass is 10.2. The fraction of sp³-hybridized carbons (Fsp3) is 0.625. The molecule has 1 saturated carbocycles. The van der Waals surface area contributed by atoms with E-state index in [0.29, 0.717) is 19.0 Å². The first-order valence-electron chi connectivity index (χ1n) is 8.03. The lowest BCUT2D eigenvalue weighted by molar-refractivity contribution is 0.323. The molecule has 0 aromatic heterocycles. The maximum Gasteiger partial charge on any atom is 0.282 e. The molecular weight excluding hydrogens is 298 g/mol. The van der Waals surface area contributed by atoms with Gasteiger partial charge in [0.05, 0.1) is 0 Å². The zero-order valence-electron chi connectivity index (χ0n) is 13.3. The second-order valence-electron chi connectivity index (χ2n) is 6.46. The van der Waals surface area contributed by atoms with Crippen LogP contribution in [0.4, 0.5) is 5.69 Å². The highest BCUT2D eigenvalue weighted by Crippen LogP contribution is 2.36. The van der Waals surface area contributed by atoms with Gasteiger partial charge in [-0.1, -0.05) is 18.2 Å². The van der Waals surface area contributed by atoms with Crippen LogP contribution in [0.15, 0.2) is 30.3 Å². The smallest absolute Gasteiger partial charge is 0.282 e. The summed E-state index contributed by atoms with van der Waals surface area (Å²) < 4.78 is 28.6. The van der Waals surface area contributed by atoms with Crippen LogP contribution >= 0.6 is 0 Å². The standard InChI is InChI=1S/C16H25N3O2S/c1-13(14-8-9-14)18(2)22(20,21)19-11-10-16(12-19)17-15-6-4-3-5-7-15/h3-7,13-14,16-17H,8-12H2,1-2H3/t13-,16-/m0/s1. The Kier molecular flexibility index (Phi) is 4.43. The summed E-state index contributed by atoms with van der Waals surface area (Å²) in [6.07, 6.45) is 3.15. The van der Waals surface area contributed by atoms with Crippen molar-refractivity contribution in [2.24, 2.45) is 5.92 Å². The molecule has 1 aromatic carbocycles. The van der Waals surface area contributed by atoms with Crippen LogP contribution in [0.3, 0.4) is 0 Å². The minimum Gasteiger partial charge on any atom is -0.381 e. The summed E-state index contributed by atoms with van der Waals surface area (Å²) in [5.74, 6) is 0.542. The van der Waals surface area contributed by atoms with Crippen LogP contribution in [0.1, 0.15) is 26.2 Å². The Morgan fingerprint density at radius 2 is 1.91 bits per heavy atom. The molecule has 5 nitrogen and oxygen atoms in total. The van der Waals surface area contributed by atoms with Gasteiger partial charge >= 0.3 is 0 Å². The van der Waals surface area contributed by atoms with Crippen LogP contribution in [0.5, 0.6) is 0 Å². The van der Waals surface area contributed by atoms with Crippen LogP contribution in [0.25, 0.3) is 0 Å². The molecule has 3 rings (SSSR count). The number of hydrogen-bond donors (Lipinski definition) is 1. The number of rotatable bonds is 6. The van der Waals surface area contributed by atoms with Crippen LogP contribution in [0.2, 0.25) is 0 Å². The monoisotopic (exact) mass is 323 g/mol. The second kappa shape index (κ2) is 6.18. The normalized spacial score (nSPS) is 24.6. The Hall–Kier alpha value is -1.11. The maximum absolute atomic E-state index is 12.7. The van der Waals surface area contributed by atoms with Crippen molar-refractivity contribution in [3.05, 3.63) is 30.3 Å². The molecule has 1 aliphatic carbocycles.